The van der Waals surface area contributed by atoms with Gasteiger partial charge in [0.1, 0.15) is 9.79 Å². The van der Waals surface area contributed by atoms with Crippen molar-refractivity contribution in [1.82, 2.24) is 4.90 Å². The molecule has 0 atom stereocenters. The first-order valence-electron chi connectivity index (χ1n) is 6.74. The minimum atomic E-state index is -4.69. The zero-order valence-electron chi connectivity index (χ0n) is 13.2. The van der Waals surface area contributed by atoms with E-state index in [2.05, 4.69) is 25.7 Å². The van der Waals surface area contributed by atoms with Gasteiger partial charge in [-0.05, 0) is 31.8 Å². The number of nitrogens with two attached hydrogens (primary N) is 2. The van der Waals surface area contributed by atoms with Crippen molar-refractivity contribution < 1.29 is 25.9 Å². The van der Waals surface area contributed by atoms with Gasteiger partial charge in [0.05, 0.1) is 11.4 Å². The molecule has 0 unspecified atom stereocenters. The predicted octanol–water partition coefficient (Wildman–Crippen LogP) is 0.693. The SMILES string of the molecule is CCN(CC)CC.Nc1cc(N)c(S(=O)(=O)O)cc1S(=O)(=O)O. The van der Waals surface area contributed by atoms with Crippen LogP contribution in [-0.2, 0) is 20.2 Å². The molecule has 1 aromatic rings. The lowest BCUT2D eigenvalue weighted by atomic mass is 10.3. The molecular formula is C12H23N3O6S2. The maximum atomic E-state index is 10.8. The summed E-state index contributed by atoms with van der Waals surface area (Å²) in [5, 5.41) is 0. The van der Waals surface area contributed by atoms with Crippen LogP contribution in [0.25, 0.3) is 0 Å². The molecule has 0 spiro atoms. The molecule has 0 heterocycles. The Morgan fingerprint density at radius 3 is 1.30 bits per heavy atom. The van der Waals surface area contributed by atoms with E-state index in [1.807, 2.05) is 0 Å². The summed E-state index contributed by atoms with van der Waals surface area (Å²) in [6.45, 7) is 10.1. The molecule has 1 aromatic carbocycles. The molecule has 0 saturated heterocycles. The van der Waals surface area contributed by atoms with Crippen LogP contribution in [0.1, 0.15) is 20.8 Å². The number of benzene rings is 1. The molecular weight excluding hydrogens is 346 g/mol. The molecule has 6 N–H and O–H groups in total. The van der Waals surface area contributed by atoms with Crippen LogP contribution in [0.15, 0.2) is 21.9 Å². The van der Waals surface area contributed by atoms with Crippen LogP contribution in [0, 0.1) is 0 Å². The average molecular weight is 369 g/mol. The topological polar surface area (TPSA) is 164 Å². The van der Waals surface area contributed by atoms with Gasteiger partial charge in [0.15, 0.2) is 0 Å². The third kappa shape index (κ3) is 6.71. The Kier molecular flexibility index (Phi) is 7.94. The van der Waals surface area contributed by atoms with E-state index >= 15 is 0 Å². The Morgan fingerprint density at radius 1 is 0.826 bits per heavy atom. The van der Waals surface area contributed by atoms with E-state index in [1.165, 1.54) is 19.6 Å². The van der Waals surface area contributed by atoms with Gasteiger partial charge in [0.25, 0.3) is 20.2 Å². The van der Waals surface area contributed by atoms with Crippen molar-refractivity contribution in [1.29, 1.82) is 0 Å². The first-order valence-corrected chi connectivity index (χ1v) is 9.62. The minimum absolute atomic E-state index is 0.424. The van der Waals surface area contributed by atoms with Crippen molar-refractivity contribution in [3.63, 3.8) is 0 Å². The van der Waals surface area contributed by atoms with Crippen LogP contribution in [0.5, 0.6) is 0 Å². The lowest BCUT2D eigenvalue weighted by Gasteiger charge is -2.13. The largest absolute Gasteiger partial charge is 0.398 e. The van der Waals surface area contributed by atoms with Gasteiger partial charge >= 0.3 is 0 Å². The van der Waals surface area contributed by atoms with Gasteiger partial charge in [-0.25, -0.2) is 0 Å². The van der Waals surface area contributed by atoms with Gasteiger partial charge in [-0.1, -0.05) is 20.8 Å². The highest BCUT2D eigenvalue weighted by molar-refractivity contribution is 7.86. The molecule has 1 rings (SSSR count). The first kappa shape index (κ1) is 21.6. The van der Waals surface area contributed by atoms with Crippen LogP contribution < -0.4 is 11.5 Å². The van der Waals surface area contributed by atoms with Crippen molar-refractivity contribution in [3.8, 4) is 0 Å². The second-order valence-electron chi connectivity index (χ2n) is 4.50. The van der Waals surface area contributed by atoms with Crippen LogP contribution in [-0.4, -0.2) is 50.5 Å². The van der Waals surface area contributed by atoms with Crippen LogP contribution in [0.4, 0.5) is 11.4 Å². The summed E-state index contributed by atoms with van der Waals surface area (Å²) < 4.78 is 60.7. The summed E-state index contributed by atoms with van der Waals surface area (Å²) in [6, 6.07) is 1.29. The summed E-state index contributed by atoms with van der Waals surface area (Å²) in [7, 11) is -9.38. The molecule has 0 aliphatic heterocycles. The van der Waals surface area contributed by atoms with Gasteiger partial charge in [0, 0.05) is 0 Å². The fraction of sp³-hybridized carbons (Fsp3) is 0.500. The van der Waals surface area contributed by atoms with Crippen molar-refractivity contribution in [2.75, 3.05) is 31.1 Å². The van der Waals surface area contributed by atoms with Gasteiger partial charge < -0.3 is 16.4 Å². The van der Waals surface area contributed by atoms with Gasteiger partial charge in [-0.15, -0.1) is 0 Å². The molecule has 0 aromatic heterocycles. The Hall–Kier alpha value is -1.40. The van der Waals surface area contributed by atoms with Crippen LogP contribution >= 0.6 is 0 Å². The number of rotatable bonds is 5. The maximum Gasteiger partial charge on any atom is 0.296 e. The molecule has 23 heavy (non-hydrogen) atoms. The smallest absolute Gasteiger partial charge is 0.296 e. The summed E-state index contributed by atoms with van der Waals surface area (Å²) >= 11 is 0. The monoisotopic (exact) mass is 369 g/mol. The van der Waals surface area contributed by atoms with E-state index in [4.69, 9.17) is 20.6 Å². The molecule has 0 amide bonds. The second-order valence-corrected chi connectivity index (χ2v) is 7.28. The molecule has 0 radical (unpaired) electrons. The Bertz CT molecular complexity index is 669. The number of hydrogen-bond acceptors (Lipinski definition) is 7. The van der Waals surface area contributed by atoms with Gasteiger partial charge in [-0.3, -0.25) is 9.11 Å². The van der Waals surface area contributed by atoms with Crippen LogP contribution in [0.3, 0.4) is 0 Å². The van der Waals surface area contributed by atoms with Crippen molar-refractivity contribution >= 4 is 31.6 Å². The van der Waals surface area contributed by atoms with Crippen LogP contribution in [0.2, 0.25) is 0 Å². The van der Waals surface area contributed by atoms with Gasteiger partial charge in [0.2, 0.25) is 0 Å². The Labute approximate surface area is 136 Å². The molecule has 0 bridgehead atoms. The molecule has 0 saturated carbocycles. The number of hydrogen-bond donors (Lipinski definition) is 4. The third-order valence-corrected chi connectivity index (χ3v) is 4.86. The summed E-state index contributed by atoms with van der Waals surface area (Å²) in [4.78, 5) is 0.698. The number of nitrogen functional groups attached to an aromatic ring is 2. The molecule has 9 nitrogen and oxygen atoms in total. The summed E-state index contributed by atoms with van der Waals surface area (Å²) in [5.74, 6) is 0. The lowest BCUT2D eigenvalue weighted by molar-refractivity contribution is 0.321. The highest BCUT2D eigenvalue weighted by Crippen LogP contribution is 2.27. The van der Waals surface area contributed by atoms with Crippen molar-refractivity contribution in [2.45, 2.75) is 30.6 Å². The van der Waals surface area contributed by atoms with Crippen molar-refractivity contribution in [3.05, 3.63) is 12.1 Å². The quantitative estimate of drug-likeness (QED) is 0.431. The zero-order chi connectivity index (χ0) is 18.4. The van der Waals surface area contributed by atoms with Crippen molar-refractivity contribution in [2.24, 2.45) is 0 Å². The average Bonchev–Trinajstić information content (AvgIpc) is 2.38. The summed E-state index contributed by atoms with van der Waals surface area (Å²) in [5.41, 5.74) is 9.60. The zero-order valence-corrected chi connectivity index (χ0v) is 14.9. The van der Waals surface area contributed by atoms with E-state index in [0.29, 0.717) is 6.07 Å². The predicted molar refractivity (Wildman–Crippen MR) is 88.4 cm³/mol. The number of anilines is 2. The molecule has 134 valence electrons. The minimum Gasteiger partial charge on any atom is -0.398 e. The van der Waals surface area contributed by atoms with E-state index in [1.54, 1.807) is 0 Å². The molecule has 0 aliphatic rings. The Morgan fingerprint density at radius 2 is 1.13 bits per heavy atom. The second kappa shape index (κ2) is 8.45. The molecule has 0 aliphatic carbocycles. The molecule has 11 heteroatoms. The fourth-order valence-corrected chi connectivity index (χ4v) is 3.03. The van der Waals surface area contributed by atoms with E-state index in [-0.39, 0.29) is 0 Å². The van der Waals surface area contributed by atoms with E-state index < -0.39 is 41.4 Å². The van der Waals surface area contributed by atoms with E-state index in [9.17, 15) is 16.8 Å². The maximum absolute atomic E-state index is 10.8. The molecule has 0 fully saturated rings. The highest BCUT2D eigenvalue weighted by atomic mass is 32.2. The first-order chi connectivity index (χ1) is 10.4. The highest BCUT2D eigenvalue weighted by Gasteiger charge is 2.22. The fourth-order valence-electron chi connectivity index (χ4n) is 1.71. The standard InChI is InChI=1S/C6H8N2O6S2.C6H15N/c7-3-1-4(8)6(16(12,13)14)2-5(3)15(9,10)11;1-4-7(5-2)6-3/h1-2H,7-8H2,(H,9,10,11)(H,12,13,14);4-6H2,1-3H3. The van der Waals surface area contributed by atoms with Gasteiger partial charge in [-0.2, -0.15) is 16.8 Å². The summed E-state index contributed by atoms with van der Waals surface area (Å²) in [6.07, 6.45) is 0. The van der Waals surface area contributed by atoms with E-state index in [0.717, 1.165) is 6.07 Å². The number of nitrogens with zero attached hydrogens (tertiary/aromatic N) is 1. The lowest BCUT2D eigenvalue weighted by Crippen LogP contribution is -2.21. The normalized spacial score (nSPS) is 11.9. The Balaban J connectivity index is 0.000000585. The third-order valence-electron chi connectivity index (χ3n) is 3.04.